The van der Waals surface area contributed by atoms with Gasteiger partial charge in [-0.15, -0.1) is 0 Å². The van der Waals surface area contributed by atoms with Crippen molar-refractivity contribution in [1.82, 2.24) is 19.7 Å². The number of hydrogen-bond donors (Lipinski definition) is 1. The molecule has 1 N–H and O–H groups in total. The van der Waals surface area contributed by atoms with Crippen LogP contribution in [0.4, 0.5) is 5.82 Å². The minimum absolute atomic E-state index is 0.0370. The van der Waals surface area contributed by atoms with E-state index >= 15 is 0 Å². The first-order valence-corrected chi connectivity index (χ1v) is 9.74. The molecule has 8 nitrogen and oxygen atoms in total. The van der Waals surface area contributed by atoms with E-state index in [2.05, 4.69) is 15.4 Å². The van der Waals surface area contributed by atoms with Gasteiger partial charge in [0.2, 0.25) is 0 Å². The molecule has 0 aromatic carbocycles. The summed E-state index contributed by atoms with van der Waals surface area (Å²) >= 11 is 6.19. The highest BCUT2D eigenvalue weighted by Gasteiger charge is 2.28. The fourth-order valence-corrected chi connectivity index (χ4v) is 3.89. The van der Waals surface area contributed by atoms with E-state index in [1.54, 1.807) is 12.3 Å². The quantitative estimate of drug-likeness (QED) is 0.842. The lowest BCUT2D eigenvalue weighted by Gasteiger charge is -2.28. The molecule has 1 saturated heterocycles. The van der Waals surface area contributed by atoms with Crippen molar-refractivity contribution in [2.45, 2.75) is 19.4 Å². The molecule has 28 heavy (non-hydrogen) atoms. The van der Waals surface area contributed by atoms with Gasteiger partial charge in [0.05, 0.1) is 41.3 Å². The molecule has 4 rings (SSSR count). The molecule has 0 spiro atoms. The second-order valence-electron chi connectivity index (χ2n) is 7.04. The van der Waals surface area contributed by atoms with Crippen LogP contribution in [0.1, 0.15) is 28.0 Å². The summed E-state index contributed by atoms with van der Waals surface area (Å²) in [4.78, 5) is 18.9. The second kappa shape index (κ2) is 8.17. The molecule has 9 heteroatoms. The molecule has 0 saturated carbocycles. The number of morpholine rings is 1. The van der Waals surface area contributed by atoms with Crippen LogP contribution >= 0.6 is 11.6 Å². The number of carbonyl (C=O) groups excluding carboxylic acids is 1. The standard InChI is InChI=1S/C19H21ClN6O2/c20-16-7-14(9-21)11-23-18(16)22-10-13-1-2-26-17(8-13)15(12-24-26)19(27)25-3-5-28-6-4-25/h7,11-13H,1-6,8,10H2,(H,22,23)/t13-/m1/s1. The minimum atomic E-state index is 0.0370. The van der Waals surface area contributed by atoms with Gasteiger partial charge in [0.25, 0.3) is 5.91 Å². The van der Waals surface area contributed by atoms with Gasteiger partial charge in [0, 0.05) is 32.4 Å². The molecular weight excluding hydrogens is 380 g/mol. The normalized spacial score (nSPS) is 19.0. The predicted octanol–water partition coefficient (Wildman–Crippen LogP) is 1.95. The monoisotopic (exact) mass is 400 g/mol. The maximum atomic E-state index is 12.9. The van der Waals surface area contributed by atoms with Crippen molar-refractivity contribution in [3.05, 3.63) is 40.3 Å². The Kier molecular flexibility index (Phi) is 5.46. The molecule has 2 aromatic rings. The number of hydrogen-bond acceptors (Lipinski definition) is 6. The number of rotatable bonds is 4. The Hall–Kier alpha value is -2.63. The molecule has 1 fully saturated rings. The first kappa shape index (κ1) is 18.7. The number of halogens is 1. The average molecular weight is 401 g/mol. The molecule has 146 valence electrons. The fourth-order valence-electron chi connectivity index (χ4n) is 3.66. The van der Waals surface area contributed by atoms with Crippen molar-refractivity contribution in [2.24, 2.45) is 5.92 Å². The maximum Gasteiger partial charge on any atom is 0.257 e. The average Bonchev–Trinajstić information content (AvgIpc) is 3.16. The summed E-state index contributed by atoms with van der Waals surface area (Å²) in [6.45, 7) is 3.89. The third kappa shape index (κ3) is 3.81. The van der Waals surface area contributed by atoms with E-state index in [-0.39, 0.29) is 5.91 Å². The third-order valence-corrected chi connectivity index (χ3v) is 5.53. The highest BCUT2D eigenvalue weighted by molar-refractivity contribution is 6.33. The lowest BCUT2D eigenvalue weighted by Crippen LogP contribution is -2.41. The molecule has 2 aliphatic heterocycles. The summed E-state index contributed by atoms with van der Waals surface area (Å²) in [6.07, 6.45) is 4.93. The molecule has 0 aliphatic carbocycles. The molecule has 2 aromatic heterocycles. The van der Waals surface area contributed by atoms with Crippen LogP contribution in [0.25, 0.3) is 0 Å². The number of pyridine rings is 1. The van der Waals surface area contributed by atoms with Crippen molar-refractivity contribution in [3.8, 4) is 6.07 Å². The largest absolute Gasteiger partial charge is 0.378 e. The number of nitriles is 1. The van der Waals surface area contributed by atoms with Gasteiger partial charge in [0.1, 0.15) is 11.9 Å². The van der Waals surface area contributed by atoms with E-state index in [4.69, 9.17) is 21.6 Å². The molecule has 0 unspecified atom stereocenters. The van der Waals surface area contributed by atoms with Crippen molar-refractivity contribution in [1.29, 1.82) is 5.26 Å². The topological polar surface area (TPSA) is 96.1 Å². The van der Waals surface area contributed by atoms with Crippen LogP contribution in [0.5, 0.6) is 0 Å². The Morgan fingerprint density at radius 2 is 2.18 bits per heavy atom. The number of fused-ring (bicyclic) bond motifs is 1. The summed E-state index contributed by atoms with van der Waals surface area (Å²) < 4.78 is 7.28. The molecule has 0 bridgehead atoms. The fraction of sp³-hybridized carbons (Fsp3) is 0.474. The highest BCUT2D eigenvalue weighted by atomic mass is 35.5. The van der Waals surface area contributed by atoms with Crippen LogP contribution in [-0.2, 0) is 17.7 Å². The summed E-state index contributed by atoms with van der Waals surface area (Å²) in [5.74, 6) is 0.952. The Morgan fingerprint density at radius 1 is 1.36 bits per heavy atom. The van der Waals surface area contributed by atoms with Crippen LogP contribution in [0, 0.1) is 17.2 Å². The van der Waals surface area contributed by atoms with E-state index in [1.165, 1.54) is 6.20 Å². The molecule has 2 aliphatic rings. The zero-order chi connectivity index (χ0) is 19.5. The van der Waals surface area contributed by atoms with Gasteiger partial charge in [-0.05, 0) is 24.8 Å². The van der Waals surface area contributed by atoms with E-state index < -0.39 is 0 Å². The van der Waals surface area contributed by atoms with E-state index in [9.17, 15) is 4.79 Å². The molecular formula is C19H21ClN6O2. The summed E-state index contributed by atoms with van der Waals surface area (Å²) in [5, 5.41) is 17.0. The summed E-state index contributed by atoms with van der Waals surface area (Å²) in [6, 6.07) is 3.63. The Morgan fingerprint density at radius 3 is 2.93 bits per heavy atom. The number of amides is 1. The van der Waals surface area contributed by atoms with Gasteiger partial charge in [-0.2, -0.15) is 10.4 Å². The van der Waals surface area contributed by atoms with Gasteiger partial charge < -0.3 is 15.0 Å². The SMILES string of the molecule is N#Cc1cnc(NC[C@@H]2CCn3ncc(C(=O)N4CCOCC4)c3C2)c(Cl)c1. The van der Waals surface area contributed by atoms with Crippen LogP contribution in [0.15, 0.2) is 18.5 Å². The van der Waals surface area contributed by atoms with Crippen LogP contribution in [0.2, 0.25) is 5.02 Å². The maximum absolute atomic E-state index is 12.9. The molecule has 1 atom stereocenters. The smallest absolute Gasteiger partial charge is 0.257 e. The lowest BCUT2D eigenvalue weighted by molar-refractivity contribution is 0.0301. The molecule has 4 heterocycles. The summed E-state index contributed by atoms with van der Waals surface area (Å²) in [5.41, 5.74) is 2.12. The van der Waals surface area contributed by atoms with Gasteiger partial charge in [-0.25, -0.2) is 4.98 Å². The molecule has 0 radical (unpaired) electrons. The first-order valence-electron chi connectivity index (χ1n) is 9.37. The van der Waals surface area contributed by atoms with Gasteiger partial charge in [-0.3, -0.25) is 9.48 Å². The zero-order valence-electron chi connectivity index (χ0n) is 15.4. The number of carbonyl (C=O) groups is 1. The van der Waals surface area contributed by atoms with Crippen LogP contribution < -0.4 is 5.32 Å². The first-order chi connectivity index (χ1) is 13.7. The number of nitrogens with zero attached hydrogens (tertiary/aromatic N) is 5. The number of nitrogens with one attached hydrogen (secondary N) is 1. The summed E-state index contributed by atoms with van der Waals surface area (Å²) in [7, 11) is 0. The number of aryl methyl sites for hydroxylation is 1. The van der Waals surface area contributed by atoms with Gasteiger partial charge in [0.15, 0.2) is 0 Å². The Labute approximate surface area is 168 Å². The van der Waals surface area contributed by atoms with Crippen molar-refractivity contribution in [3.63, 3.8) is 0 Å². The Balaban J connectivity index is 1.42. The van der Waals surface area contributed by atoms with Crippen molar-refractivity contribution < 1.29 is 9.53 Å². The zero-order valence-corrected chi connectivity index (χ0v) is 16.2. The highest BCUT2D eigenvalue weighted by Crippen LogP contribution is 2.26. The van der Waals surface area contributed by atoms with Crippen molar-refractivity contribution in [2.75, 3.05) is 38.2 Å². The number of anilines is 1. The Bertz CT molecular complexity index is 916. The van der Waals surface area contributed by atoms with Gasteiger partial charge in [-0.1, -0.05) is 11.6 Å². The van der Waals surface area contributed by atoms with Crippen molar-refractivity contribution >= 4 is 23.3 Å². The van der Waals surface area contributed by atoms with Crippen LogP contribution in [-0.4, -0.2) is 58.4 Å². The van der Waals surface area contributed by atoms with Gasteiger partial charge >= 0.3 is 0 Å². The number of aromatic nitrogens is 3. The van der Waals surface area contributed by atoms with E-state index in [0.29, 0.717) is 60.7 Å². The van der Waals surface area contributed by atoms with Crippen LogP contribution in [0.3, 0.4) is 0 Å². The second-order valence-corrected chi connectivity index (χ2v) is 7.45. The third-order valence-electron chi connectivity index (χ3n) is 5.24. The lowest BCUT2D eigenvalue weighted by atomic mass is 9.94. The molecule has 1 amide bonds. The van der Waals surface area contributed by atoms with E-state index in [0.717, 1.165) is 25.1 Å². The van der Waals surface area contributed by atoms with E-state index in [1.807, 2.05) is 15.7 Å². The number of ether oxygens (including phenoxy) is 1. The predicted molar refractivity (Wildman–Crippen MR) is 103 cm³/mol. The minimum Gasteiger partial charge on any atom is -0.378 e.